The Kier molecular flexibility index (Phi) is 8.53. The van der Waals surface area contributed by atoms with Crippen LogP contribution in [0.5, 0.6) is 0 Å². The lowest BCUT2D eigenvalue weighted by molar-refractivity contribution is -0.159. The molecular weight excluding hydrogens is 276 g/mol. The van der Waals surface area contributed by atoms with Crippen LogP contribution in [0, 0.1) is 0 Å². The minimum atomic E-state index is -4.17. The first-order valence-electron chi connectivity index (χ1n) is 6.05. The standard InChI is InChI=1S/C6H10O6S.C5H10O/c1-2-5(7)12-6(8)3-4-13(9,10)11;1-5-3-2-4-6-5/h2-4H2,1H3,(H,9,10,11);5H,2-4H2,1H3. The van der Waals surface area contributed by atoms with Crippen molar-refractivity contribution in [1.29, 1.82) is 0 Å². The third-order valence-corrected chi connectivity index (χ3v) is 2.96. The topological polar surface area (TPSA) is 107 Å². The van der Waals surface area contributed by atoms with Gasteiger partial charge in [-0.1, -0.05) is 6.92 Å². The summed E-state index contributed by atoms with van der Waals surface area (Å²) in [5.41, 5.74) is 0. The van der Waals surface area contributed by atoms with Crippen LogP contribution in [0.4, 0.5) is 0 Å². The Balaban J connectivity index is 0.000000443. The molecule has 1 unspecified atom stereocenters. The number of hydrogen-bond acceptors (Lipinski definition) is 6. The smallest absolute Gasteiger partial charge is 0.314 e. The number of rotatable bonds is 4. The lowest BCUT2D eigenvalue weighted by Crippen LogP contribution is -2.15. The molecule has 0 aromatic rings. The van der Waals surface area contributed by atoms with Crippen LogP contribution in [0.25, 0.3) is 0 Å². The second kappa shape index (κ2) is 9.00. The van der Waals surface area contributed by atoms with Crippen molar-refractivity contribution in [1.82, 2.24) is 0 Å². The minimum Gasteiger partial charge on any atom is -0.393 e. The average molecular weight is 296 g/mol. The Morgan fingerprint density at radius 2 is 2.00 bits per heavy atom. The summed E-state index contributed by atoms with van der Waals surface area (Å²) in [6.45, 7) is 4.60. The molecule has 7 nitrogen and oxygen atoms in total. The van der Waals surface area contributed by atoms with Gasteiger partial charge in [-0.25, -0.2) is 0 Å². The molecule has 0 bridgehead atoms. The maximum absolute atomic E-state index is 10.6. The third-order valence-electron chi connectivity index (χ3n) is 2.24. The van der Waals surface area contributed by atoms with Crippen LogP contribution in [-0.2, 0) is 29.2 Å². The predicted molar refractivity (Wildman–Crippen MR) is 67.1 cm³/mol. The summed E-state index contributed by atoms with van der Waals surface area (Å²) in [5.74, 6) is -2.41. The van der Waals surface area contributed by atoms with Crippen molar-refractivity contribution in [3.63, 3.8) is 0 Å². The van der Waals surface area contributed by atoms with E-state index in [1.807, 2.05) is 0 Å². The summed E-state index contributed by atoms with van der Waals surface area (Å²) < 4.78 is 37.8. The zero-order chi connectivity index (χ0) is 14.9. The van der Waals surface area contributed by atoms with Crippen LogP contribution in [0.2, 0.25) is 0 Å². The van der Waals surface area contributed by atoms with Gasteiger partial charge in [0.1, 0.15) is 0 Å². The van der Waals surface area contributed by atoms with E-state index in [4.69, 9.17) is 9.29 Å². The molecule has 1 fully saturated rings. The van der Waals surface area contributed by atoms with Crippen molar-refractivity contribution in [2.45, 2.75) is 45.6 Å². The molecule has 8 heteroatoms. The molecule has 0 spiro atoms. The van der Waals surface area contributed by atoms with Crippen LogP contribution < -0.4 is 0 Å². The molecule has 0 aliphatic carbocycles. The molecule has 1 atom stereocenters. The zero-order valence-electron chi connectivity index (χ0n) is 11.1. The fourth-order valence-corrected chi connectivity index (χ4v) is 1.63. The van der Waals surface area contributed by atoms with Crippen LogP contribution in [0.3, 0.4) is 0 Å². The molecule has 1 aliphatic rings. The molecular formula is C11H20O7S. The van der Waals surface area contributed by atoms with Crippen LogP contribution in [0.1, 0.15) is 39.5 Å². The molecule has 0 saturated carbocycles. The molecule has 0 aromatic heterocycles. The molecule has 19 heavy (non-hydrogen) atoms. The molecule has 0 amide bonds. The lowest BCUT2D eigenvalue weighted by atomic mass is 10.3. The largest absolute Gasteiger partial charge is 0.393 e. The Hall–Kier alpha value is -0.990. The van der Waals surface area contributed by atoms with Gasteiger partial charge in [-0.3, -0.25) is 14.1 Å². The predicted octanol–water partition coefficient (Wildman–Crippen LogP) is 0.929. The molecule has 1 N–H and O–H groups in total. The summed E-state index contributed by atoms with van der Waals surface area (Å²) in [5, 5.41) is 0. The van der Waals surface area contributed by atoms with Gasteiger partial charge in [0.25, 0.3) is 10.1 Å². The maximum atomic E-state index is 10.6. The van der Waals surface area contributed by atoms with E-state index in [0.29, 0.717) is 6.10 Å². The maximum Gasteiger partial charge on any atom is 0.314 e. The molecule has 1 rings (SSSR count). The van der Waals surface area contributed by atoms with Crippen molar-refractivity contribution < 1.29 is 32.0 Å². The molecule has 1 saturated heterocycles. The Labute approximate surface area is 113 Å². The van der Waals surface area contributed by atoms with Gasteiger partial charge in [-0.2, -0.15) is 8.42 Å². The van der Waals surface area contributed by atoms with Crippen molar-refractivity contribution in [3.05, 3.63) is 0 Å². The van der Waals surface area contributed by atoms with E-state index >= 15 is 0 Å². The van der Waals surface area contributed by atoms with E-state index in [2.05, 4.69) is 11.7 Å². The highest BCUT2D eigenvalue weighted by molar-refractivity contribution is 7.85. The van der Waals surface area contributed by atoms with Crippen LogP contribution in [-0.4, -0.2) is 43.4 Å². The first kappa shape index (κ1) is 18.0. The summed E-state index contributed by atoms with van der Waals surface area (Å²) in [6, 6.07) is 0. The second-order valence-corrected chi connectivity index (χ2v) is 5.63. The first-order valence-corrected chi connectivity index (χ1v) is 7.65. The van der Waals surface area contributed by atoms with Gasteiger partial charge in [0.15, 0.2) is 0 Å². The quantitative estimate of drug-likeness (QED) is 0.467. The highest BCUT2D eigenvalue weighted by atomic mass is 32.2. The third kappa shape index (κ3) is 11.8. The highest BCUT2D eigenvalue weighted by Gasteiger charge is 2.13. The summed E-state index contributed by atoms with van der Waals surface area (Å²) >= 11 is 0. The van der Waals surface area contributed by atoms with Crippen LogP contribution >= 0.6 is 0 Å². The van der Waals surface area contributed by atoms with E-state index in [1.54, 1.807) is 0 Å². The van der Waals surface area contributed by atoms with Crippen molar-refractivity contribution in [2.75, 3.05) is 12.4 Å². The van der Waals surface area contributed by atoms with E-state index in [1.165, 1.54) is 19.8 Å². The number of ether oxygens (including phenoxy) is 2. The lowest BCUT2D eigenvalue weighted by Gasteiger charge is -1.99. The summed E-state index contributed by atoms with van der Waals surface area (Å²) in [7, 11) is -4.17. The fraction of sp³-hybridized carbons (Fsp3) is 0.818. The van der Waals surface area contributed by atoms with Gasteiger partial charge in [0, 0.05) is 13.0 Å². The van der Waals surface area contributed by atoms with Crippen molar-refractivity contribution >= 4 is 22.1 Å². The van der Waals surface area contributed by atoms with Crippen LogP contribution in [0.15, 0.2) is 0 Å². The van der Waals surface area contributed by atoms with Gasteiger partial charge in [-0.15, -0.1) is 0 Å². The van der Waals surface area contributed by atoms with Crippen molar-refractivity contribution in [2.24, 2.45) is 0 Å². The summed E-state index contributed by atoms with van der Waals surface area (Å²) in [6.07, 6.45) is 2.59. The fourth-order valence-electron chi connectivity index (χ4n) is 1.20. The number of esters is 2. The SMILES string of the molecule is CC1CCCO1.CCC(=O)OC(=O)CCS(=O)(=O)O. The minimum absolute atomic E-state index is 0.0393. The number of carbonyl (C=O) groups is 2. The van der Waals surface area contributed by atoms with Crippen molar-refractivity contribution in [3.8, 4) is 0 Å². The Morgan fingerprint density at radius 1 is 1.37 bits per heavy atom. The Bertz CT molecular complexity index is 382. The van der Waals surface area contributed by atoms with Gasteiger partial charge < -0.3 is 9.47 Å². The van der Waals surface area contributed by atoms with E-state index in [9.17, 15) is 18.0 Å². The zero-order valence-corrected chi connectivity index (χ0v) is 11.9. The van der Waals surface area contributed by atoms with E-state index in [0.717, 1.165) is 6.61 Å². The first-order chi connectivity index (χ1) is 8.74. The van der Waals surface area contributed by atoms with Gasteiger partial charge in [0.05, 0.1) is 18.3 Å². The second-order valence-electron chi connectivity index (χ2n) is 4.06. The Morgan fingerprint density at radius 3 is 2.32 bits per heavy atom. The molecule has 0 radical (unpaired) electrons. The van der Waals surface area contributed by atoms with Gasteiger partial charge in [-0.05, 0) is 19.8 Å². The van der Waals surface area contributed by atoms with E-state index < -0.39 is 34.2 Å². The molecule has 0 aromatic carbocycles. The monoisotopic (exact) mass is 296 g/mol. The summed E-state index contributed by atoms with van der Waals surface area (Å²) in [4.78, 5) is 21.1. The van der Waals surface area contributed by atoms with Gasteiger partial charge in [0.2, 0.25) is 0 Å². The normalized spacial score (nSPS) is 18.4. The van der Waals surface area contributed by atoms with E-state index in [-0.39, 0.29) is 6.42 Å². The number of hydrogen-bond donors (Lipinski definition) is 1. The molecule has 1 heterocycles. The molecule has 112 valence electrons. The highest BCUT2D eigenvalue weighted by Crippen LogP contribution is 2.09. The number of carbonyl (C=O) groups excluding carboxylic acids is 2. The average Bonchev–Trinajstić information content (AvgIpc) is 2.77. The molecule has 1 aliphatic heterocycles. The van der Waals surface area contributed by atoms with Gasteiger partial charge >= 0.3 is 11.9 Å².